The van der Waals surface area contributed by atoms with Gasteiger partial charge in [0.25, 0.3) is 0 Å². The van der Waals surface area contributed by atoms with Gasteiger partial charge in [0.15, 0.2) is 11.3 Å². The first-order valence-electron chi connectivity index (χ1n) is 9.73. The largest absolute Gasteiger partial charge is 0.440 e. The maximum absolute atomic E-state index is 13.8. The van der Waals surface area contributed by atoms with Gasteiger partial charge in [0, 0.05) is 36.5 Å². The number of ether oxygens (including phenoxy) is 1. The van der Waals surface area contributed by atoms with Crippen LogP contribution in [0.4, 0.5) is 24.2 Å². The zero-order chi connectivity index (χ0) is 23.0. The van der Waals surface area contributed by atoms with Crippen LogP contribution < -0.4 is 15.6 Å². The molecular weight excluding hydrogens is 449 g/mol. The van der Waals surface area contributed by atoms with E-state index in [4.69, 9.17) is 9.15 Å². The topological polar surface area (TPSA) is 88.9 Å². The maximum atomic E-state index is 13.8. The molecule has 0 aliphatic carbocycles. The summed E-state index contributed by atoms with van der Waals surface area (Å²) in [4.78, 5) is 13.9. The van der Waals surface area contributed by atoms with Crippen molar-refractivity contribution in [3.63, 3.8) is 0 Å². The van der Waals surface area contributed by atoms with Gasteiger partial charge in [0.05, 0.1) is 29.5 Å². The second-order valence-electron chi connectivity index (χ2n) is 7.40. The number of halogens is 3. The summed E-state index contributed by atoms with van der Waals surface area (Å²) in [5.41, 5.74) is -0.300. The Labute approximate surface area is 181 Å². The summed E-state index contributed by atoms with van der Waals surface area (Å²) in [6, 6.07) is 5.17. The zero-order valence-electron chi connectivity index (χ0n) is 16.9. The number of benzene rings is 2. The number of rotatable bonds is 5. The smallest absolute Gasteiger partial charge is 0.332 e. The van der Waals surface area contributed by atoms with Crippen molar-refractivity contribution >= 4 is 32.8 Å². The number of nitrogens with zero attached hydrogens (tertiary/aromatic N) is 1. The van der Waals surface area contributed by atoms with Crippen molar-refractivity contribution in [3.05, 3.63) is 63.8 Å². The first-order chi connectivity index (χ1) is 15.1. The molecule has 1 unspecified atom stereocenters. The molecule has 7 nitrogen and oxygen atoms in total. The Morgan fingerprint density at radius 2 is 1.69 bits per heavy atom. The van der Waals surface area contributed by atoms with Gasteiger partial charge in [0.2, 0.25) is 0 Å². The highest BCUT2D eigenvalue weighted by molar-refractivity contribution is 7.86. The predicted molar refractivity (Wildman–Crippen MR) is 112 cm³/mol. The molecule has 1 aliphatic rings. The quantitative estimate of drug-likeness (QED) is 0.571. The van der Waals surface area contributed by atoms with Crippen molar-refractivity contribution < 1.29 is 30.2 Å². The normalized spacial score (nSPS) is 15.7. The third kappa shape index (κ3) is 4.58. The number of fused-ring (bicyclic) bond motifs is 1. The molecule has 4 rings (SSSR count). The fourth-order valence-electron chi connectivity index (χ4n) is 3.61. The van der Waals surface area contributed by atoms with Crippen LogP contribution in [0.3, 0.4) is 0 Å². The Hall–Kier alpha value is -3.05. The number of anilines is 2. The maximum Gasteiger partial charge on any atom is 0.332 e. The third-order valence-electron chi connectivity index (χ3n) is 5.13. The molecule has 1 N–H and O–H groups in total. The predicted octanol–water partition coefficient (Wildman–Crippen LogP) is 3.74. The second kappa shape index (κ2) is 8.47. The average molecular weight is 468 g/mol. The van der Waals surface area contributed by atoms with E-state index in [1.54, 1.807) is 11.8 Å². The molecule has 11 heteroatoms. The van der Waals surface area contributed by atoms with Crippen molar-refractivity contribution in [2.24, 2.45) is 0 Å². The Morgan fingerprint density at radius 1 is 1.03 bits per heavy atom. The van der Waals surface area contributed by atoms with Crippen molar-refractivity contribution in [2.45, 2.75) is 17.9 Å². The zero-order valence-corrected chi connectivity index (χ0v) is 17.7. The van der Waals surface area contributed by atoms with Crippen molar-refractivity contribution in [1.29, 1.82) is 0 Å². The van der Waals surface area contributed by atoms with Crippen LogP contribution in [-0.2, 0) is 15.0 Å². The summed E-state index contributed by atoms with van der Waals surface area (Å²) in [6.45, 7) is 3.41. The summed E-state index contributed by atoms with van der Waals surface area (Å²) >= 11 is 0. The lowest BCUT2D eigenvalue weighted by molar-refractivity contribution is 0.121. The molecule has 0 spiro atoms. The monoisotopic (exact) mass is 468 g/mol. The van der Waals surface area contributed by atoms with Crippen LogP contribution in [0, 0.1) is 11.6 Å². The van der Waals surface area contributed by atoms with Gasteiger partial charge < -0.3 is 19.4 Å². The van der Waals surface area contributed by atoms with Gasteiger partial charge in [-0.2, -0.15) is 8.42 Å². The molecular formula is C21H19F3N2O5S. The summed E-state index contributed by atoms with van der Waals surface area (Å²) in [5.74, 6) is -1.37. The Balaban J connectivity index is 1.87. The summed E-state index contributed by atoms with van der Waals surface area (Å²) in [5, 5.41) is 2.71. The van der Waals surface area contributed by atoms with Crippen LogP contribution in [-0.4, -0.2) is 34.7 Å². The Morgan fingerprint density at radius 3 is 2.31 bits per heavy atom. The number of hydrogen-bond acceptors (Lipinski definition) is 7. The lowest BCUT2D eigenvalue weighted by Crippen LogP contribution is -2.36. The van der Waals surface area contributed by atoms with Gasteiger partial charge >= 0.3 is 10.2 Å². The van der Waals surface area contributed by atoms with Crippen LogP contribution in [0.15, 0.2) is 50.5 Å². The van der Waals surface area contributed by atoms with E-state index >= 15 is 0 Å². The van der Waals surface area contributed by atoms with E-state index in [0.717, 1.165) is 24.3 Å². The van der Waals surface area contributed by atoms with E-state index in [9.17, 15) is 25.9 Å². The van der Waals surface area contributed by atoms with Gasteiger partial charge in [-0.1, -0.05) is 0 Å². The molecule has 1 aromatic heterocycles. The minimum atomic E-state index is -5.14. The number of nitrogens with one attached hydrogen (secondary N) is 1. The van der Waals surface area contributed by atoms with Crippen LogP contribution in [0.1, 0.15) is 18.5 Å². The molecule has 0 bridgehead atoms. The standard InChI is InChI=1S/C21H19F3N2O5S/c1-12(25-15-7-13(22)6-14(23)8-15)17-9-16(32(24,28)29)10-18-19(27)11-20(31-21(17)18)26-2-4-30-5-3-26/h6-12,25H,2-5H2,1H3. The van der Waals surface area contributed by atoms with E-state index in [2.05, 4.69) is 5.32 Å². The highest BCUT2D eigenvalue weighted by Gasteiger charge is 2.23. The minimum Gasteiger partial charge on any atom is -0.440 e. The van der Waals surface area contributed by atoms with E-state index in [0.29, 0.717) is 32.4 Å². The van der Waals surface area contributed by atoms with Gasteiger partial charge in [-0.15, -0.1) is 3.89 Å². The number of morpholine rings is 1. The van der Waals surface area contributed by atoms with E-state index in [1.807, 2.05) is 0 Å². The third-order valence-corrected chi connectivity index (χ3v) is 5.93. The van der Waals surface area contributed by atoms with Crippen LogP contribution in [0.25, 0.3) is 11.0 Å². The Kier molecular flexibility index (Phi) is 5.87. The molecule has 1 fully saturated rings. The molecule has 0 amide bonds. The Bertz CT molecular complexity index is 1320. The average Bonchev–Trinajstić information content (AvgIpc) is 2.72. The van der Waals surface area contributed by atoms with E-state index in [1.165, 1.54) is 6.07 Å². The molecule has 2 aromatic carbocycles. The van der Waals surface area contributed by atoms with Crippen LogP contribution in [0.2, 0.25) is 0 Å². The van der Waals surface area contributed by atoms with Crippen LogP contribution in [0.5, 0.6) is 0 Å². The summed E-state index contributed by atoms with van der Waals surface area (Å²) in [6.07, 6.45) is 0. The molecule has 0 saturated carbocycles. The summed E-state index contributed by atoms with van der Waals surface area (Å²) in [7, 11) is -5.14. The minimum absolute atomic E-state index is 0.0447. The summed E-state index contributed by atoms with van der Waals surface area (Å²) < 4.78 is 75.4. The first-order valence-corrected chi connectivity index (χ1v) is 11.1. The molecule has 32 heavy (non-hydrogen) atoms. The highest BCUT2D eigenvalue weighted by atomic mass is 32.3. The number of hydrogen-bond donors (Lipinski definition) is 1. The van der Waals surface area contributed by atoms with Crippen LogP contribution >= 0.6 is 0 Å². The van der Waals surface area contributed by atoms with Gasteiger partial charge in [-0.3, -0.25) is 4.79 Å². The van der Waals surface area contributed by atoms with Crippen molar-refractivity contribution in [2.75, 3.05) is 36.5 Å². The van der Waals surface area contributed by atoms with Gasteiger partial charge in [0.1, 0.15) is 17.2 Å². The highest BCUT2D eigenvalue weighted by Crippen LogP contribution is 2.32. The second-order valence-corrected chi connectivity index (χ2v) is 8.75. The van der Waals surface area contributed by atoms with Crippen molar-refractivity contribution in [1.82, 2.24) is 0 Å². The molecule has 0 radical (unpaired) electrons. The lowest BCUT2D eigenvalue weighted by atomic mass is 10.0. The van der Waals surface area contributed by atoms with Crippen molar-refractivity contribution in [3.8, 4) is 0 Å². The molecule has 1 aliphatic heterocycles. The SMILES string of the molecule is CC(Nc1cc(F)cc(F)c1)c1cc(S(=O)(=O)F)cc2c(=O)cc(N3CCOCC3)oc12. The molecule has 170 valence electrons. The fraction of sp³-hybridized carbons (Fsp3) is 0.286. The van der Waals surface area contributed by atoms with E-state index in [-0.39, 0.29) is 28.1 Å². The van der Waals surface area contributed by atoms with Gasteiger partial charge in [-0.05, 0) is 31.2 Å². The fourth-order valence-corrected chi connectivity index (χ4v) is 4.14. The van der Waals surface area contributed by atoms with Gasteiger partial charge in [-0.25, -0.2) is 8.78 Å². The molecule has 2 heterocycles. The lowest BCUT2D eigenvalue weighted by Gasteiger charge is -2.27. The molecule has 1 saturated heterocycles. The molecule has 1 atom stereocenters. The van der Waals surface area contributed by atoms with E-state index < -0.39 is 38.2 Å². The molecule has 3 aromatic rings. The first kappa shape index (κ1) is 22.2.